The van der Waals surface area contributed by atoms with Gasteiger partial charge in [-0.25, -0.2) is 0 Å². The maximum absolute atomic E-state index is 11.8. The van der Waals surface area contributed by atoms with E-state index < -0.39 is 0 Å². The van der Waals surface area contributed by atoms with E-state index in [1.165, 1.54) is 12.8 Å². The topological polar surface area (TPSA) is 56.7 Å². The third-order valence-corrected chi connectivity index (χ3v) is 4.04. The highest BCUT2D eigenvalue weighted by Gasteiger charge is 2.18. The van der Waals surface area contributed by atoms with E-state index in [0.717, 1.165) is 37.9 Å². The second-order valence-corrected chi connectivity index (χ2v) is 6.03. The molecular formula is C16H32N4O. The van der Waals surface area contributed by atoms with Gasteiger partial charge in [0.05, 0.1) is 6.54 Å². The predicted molar refractivity (Wildman–Crippen MR) is 88.5 cm³/mol. The highest BCUT2D eigenvalue weighted by molar-refractivity contribution is 5.81. The van der Waals surface area contributed by atoms with E-state index in [9.17, 15) is 4.79 Å². The molecule has 5 heteroatoms. The van der Waals surface area contributed by atoms with Crippen LogP contribution in [0.2, 0.25) is 0 Å². The van der Waals surface area contributed by atoms with Gasteiger partial charge >= 0.3 is 0 Å². The van der Waals surface area contributed by atoms with Crippen LogP contribution in [0.1, 0.15) is 53.4 Å². The van der Waals surface area contributed by atoms with Crippen LogP contribution in [0.25, 0.3) is 0 Å². The minimum absolute atomic E-state index is 0.0937. The molecule has 1 amide bonds. The van der Waals surface area contributed by atoms with Crippen molar-refractivity contribution in [2.45, 2.75) is 59.4 Å². The molecule has 0 aromatic rings. The fourth-order valence-electron chi connectivity index (χ4n) is 2.36. The Bertz CT molecular complexity index is 335. The molecule has 0 bridgehead atoms. The van der Waals surface area contributed by atoms with E-state index in [-0.39, 0.29) is 11.9 Å². The van der Waals surface area contributed by atoms with Crippen LogP contribution in [0.4, 0.5) is 0 Å². The first-order valence-electron chi connectivity index (χ1n) is 8.39. The maximum atomic E-state index is 11.8. The normalized spacial score (nSPS) is 18.5. The van der Waals surface area contributed by atoms with Gasteiger partial charge in [0, 0.05) is 32.1 Å². The van der Waals surface area contributed by atoms with Crippen LogP contribution in [0.5, 0.6) is 0 Å². The maximum Gasteiger partial charge on any atom is 0.222 e. The third kappa shape index (κ3) is 6.82. The van der Waals surface area contributed by atoms with Gasteiger partial charge in [0.25, 0.3) is 0 Å². The second kappa shape index (κ2) is 9.64. The average Bonchev–Trinajstić information content (AvgIpc) is 2.47. The average molecular weight is 296 g/mol. The molecule has 1 fully saturated rings. The lowest BCUT2D eigenvalue weighted by molar-refractivity contribution is -0.121. The Balaban J connectivity index is 2.42. The Morgan fingerprint density at radius 3 is 2.57 bits per heavy atom. The van der Waals surface area contributed by atoms with E-state index in [2.05, 4.69) is 41.3 Å². The van der Waals surface area contributed by atoms with Crippen molar-refractivity contribution in [1.82, 2.24) is 15.5 Å². The zero-order valence-corrected chi connectivity index (χ0v) is 14.1. The molecule has 1 heterocycles. The highest BCUT2D eigenvalue weighted by atomic mass is 16.1. The molecule has 1 unspecified atom stereocenters. The molecule has 0 aromatic carbocycles. The largest absolute Gasteiger partial charge is 0.357 e. The summed E-state index contributed by atoms with van der Waals surface area (Å²) < 4.78 is 0. The number of nitrogens with zero attached hydrogens (tertiary/aromatic N) is 2. The molecule has 0 aromatic heterocycles. The smallest absolute Gasteiger partial charge is 0.222 e. The summed E-state index contributed by atoms with van der Waals surface area (Å²) in [6.07, 6.45) is 3.87. The standard InChI is InChI=1S/C16H32N4O/c1-5-14(4)19-15(21)7-10-18-16(17-6-2)20-11-8-13(3)9-12-20/h13-14H,5-12H2,1-4H3,(H,17,18)(H,19,21). The Morgan fingerprint density at radius 2 is 2.00 bits per heavy atom. The molecule has 1 rings (SSSR count). The van der Waals surface area contributed by atoms with Crippen molar-refractivity contribution in [3.8, 4) is 0 Å². The van der Waals surface area contributed by atoms with E-state index in [1.54, 1.807) is 0 Å². The van der Waals surface area contributed by atoms with Crippen LogP contribution in [0.15, 0.2) is 4.99 Å². The van der Waals surface area contributed by atoms with E-state index in [4.69, 9.17) is 0 Å². The van der Waals surface area contributed by atoms with Crippen LogP contribution in [-0.4, -0.2) is 49.0 Å². The molecule has 1 aliphatic rings. The van der Waals surface area contributed by atoms with Gasteiger partial charge in [0.1, 0.15) is 0 Å². The first-order chi connectivity index (χ1) is 10.1. The lowest BCUT2D eigenvalue weighted by atomic mass is 10.00. The number of likely N-dealkylation sites (tertiary alicyclic amines) is 1. The summed E-state index contributed by atoms with van der Waals surface area (Å²) in [6.45, 7) is 12.0. The molecular weight excluding hydrogens is 264 g/mol. The lowest BCUT2D eigenvalue weighted by Crippen LogP contribution is -2.45. The van der Waals surface area contributed by atoms with Gasteiger partial charge in [0.15, 0.2) is 5.96 Å². The first kappa shape index (κ1) is 17.8. The molecule has 0 aliphatic carbocycles. The summed E-state index contributed by atoms with van der Waals surface area (Å²) in [7, 11) is 0. The predicted octanol–water partition coefficient (Wildman–Crippen LogP) is 1.99. The summed E-state index contributed by atoms with van der Waals surface area (Å²) in [5, 5.41) is 6.32. The number of carbonyl (C=O) groups is 1. The van der Waals surface area contributed by atoms with Gasteiger partial charge in [-0.05, 0) is 39.0 Å². The van der Waals surface area contributed by atoms with Crippen LogP contribution in [-0.2, 0) is 4.79 Å². The third-order valence-electron chi connectivity index (χ3n) is 4.04. The number of carbonyl (C=O) groups excluding carboxylic acids is 1. The van der Waals surface area contributed by atoms with Gasteiger partial charge < -0.3 is 15.5 Å². The first-order valence-corrected chi connectivity index (χ1v) is 8.39. The van der Waals surface area contributed by atoms with Crippen molar-refractivity contribution in [1.29, 1.82) is 0 Å². The SMILES string of the molecule is CCNC(=NCCC(=O)NC(C)CC)N1CCC(C)CC1. The van der Waals surface area contributed by atoms with Crippen LogP contribution in [0.3, 0.4) is 0 Å². The molecule has 122 valence electrons. The fourth-order valence-corrected chi connectivity index (χ4v) is 2.36. The number of guanidine groups is 1. The summed E-state index contributed by atoms with van der Waals surface area (Å²) in [5.74, 6) is 1.86. The Hall–Kier alpha value is -1.26. The fraction of sp³-hybridized carbons (Fsp3) is 0.875. The van der Waals surface area contributed by atoms with Crippen molar-refractivity contribution < 1.29 is 4.79 Å². The number of amides is 1. The van der Waals surface area contributed by atoms with E-state index in [1.807, 2.05) is 6.92 Å². The second-order valence-electron chi connectivity index (χ2n) is 6.03. The van der Waals surface area contributed by atoms with Crippen LogP contribution >= 0.6 is 0 Å². The number of hydrogen-bond acceptors (Lipinski definition) is 2. The quantitative estimate of drug-likeness (QED) is 0.582. The van der Waals surface area contributed by atoms with E-state index >= 15 is 0 Å². The monoisotopic (exact) mass is 296 g/mol. The Labute approximate surface area is 129 Å². The minimum atomic E-state index is 0.0937. The van der Waals surface area contributed by atoms with Crippen molar-refractivity contribution in [3.05, 3.63) is 0 Å². The molecule has 1 atom stereocenters. The Kier molecular flexibility index (Phi) is 8.16. The summed E-state index contributed by atoms with van der Waals surface area (Å²) in [5.41, 5.74) is 0. The molecule has 1 aliphatic heterocycles. The molecule has 0 saturated carbocycles. The van der Waals surface area contributed by atoms with Crippen molar-refractivity contribution >= 4 is 11.9 Å². The molecule has 5 nitrogen and oxygen atoms in total. The lowest BCUT2D eigenvalue weighted by Gasteiger charge is -2.33. The summed E-state index contributed by atoms with van der Waals surface area (Å²) in [6, 6.07) is 0.248. The summed E-state index contributed by atoms with van der Waals surface area (Å²) in [4.78, 5) is 18.7. The van der Waals surface area contributed by atoms with Gasteiger partial charge in [-0.3, -0.25) is 9.79 Å². The number of aliphatic imine (C=N–C) groups is 1. The van der Waals surface area contributed by atoms with Gasteiger partial charge in [-0.15, -0.1) is 0 Å². The number of piperidine rings is 1. The molecule has 0 spiro atoms. The van der Waals surface area contributed by atoms with Gasteiger partial charge in [-0.2, -0.15) is 0 Å². The zero-order chi connectivity index (χ0) is 15.7. The summed E-state index contributed by atoms with van der Waals surface area (Å²) >= 11 is 0. The highest BCUT2D eigenvalue weighted by Crippen LogP contribution is 2.15. The number of hydrogen-bond donors (Lipinski definition) is 2. The van der Waals surface area contributed by atoms with Gasteiger partial charge in [0.2, 0.25) is 5.91 Å². The molecule has 1 saturated heterocycles. The van der Waals surface area contributed by atoms with E-state index in [0.29, 0.717) is 13.0 Å². The van der Waals surface area contributed by atoms with Crippen molar-refractivity contribution in [2.75, 3.05) is 26.2 Å². The van der Waals surface area contributed by atoms with Gasteiger partial charge in [-0.1, -0.05) is 13.8 Å². The van der Waals surface area contributed by atoms with Crippen molar-refractivity contribution in [2.24, 2.45) is 10.9 Å². The molecule has 21 heavy (non-hydrogen) atoms. The van der Waals surface area contributed by atoms with Crippen LogP contribution < -0.4 is 10.6 Å². The molecule has 0 radical (unpaired) electrons. The Morgan fingerprint density at radius 1 is 1.33 bits per heavy atom. The number of rotatable bonds is 6. The zero-order valence-electron chi connectivity index (χ0n) is 14.1. The molecule has 2 N–H and O–H groups in total. The minimum Gasteiger partial charge on any atom is -0.357 e. The van der Waals surface area contributed by atoms with Crippen molar-refractivity contribution in [3.63, 3.8) is 0 Å². The number of nitrogens with one attached hydrogen (secondary N) is 2. The van der Waals surface area contributed by atoms with Crippen LogP contribution in [0, 0.1) is 5.92 Å².